The third-order valence-electron chi connectivity index (χ3n) is 3.47. The van der Waals surface area contributed by atoms with Crippen molar-refractivity contribution < 1.29 is 13.9 Å². The molecule has 24 heavy (non-hydrogen) atoms. The normalized spacial score (nSPS) is 10.2. The standard InChI is InChI=1S/C20H16FNO2/c21-16-10-12-17(13-11-16)24-14-20(23)22-19-9-5-4-8-18(19)15-6-2-1-3-7-15/h1-13H,14H2,(H,22,23). The SMILES string of the molecule is O=C(COc1ccc(F)cc1)Nc1ccccc1-c1ccccc1. The summed E-state index contributed by atoms with van der Waals surface area (Å²) in [5, 5.41) is 2.85. The van der Waals surface area contributed by atoms with Gasteiger partial charge in [-0.05, 0) is 35.9 Å². The number of rotatable bonds is 5. The molecule has 0 saturated carbocycles. The highest BCUT2D eigenvalue weighted by Gasteiger charge is 2.08. The lowest BCUT2D eigenvalue weighted by molar-refractivity contribution is -0.118. The minimum atomic E-state index is -0.344. The summed E-state index contributed by atoms with van der Waals surface area (Å²) < 4.78 is 18.2. The molecular weight excluding hydrogens is 305 g/mol. The largest absolute Gasteiger partial charge is 0.484 e. The van der Waals surface area contributed by atoms with Gasteiger partial charge in [-0.3, -0.25) is 4.79 Å². The van der Waals surface area contributed by atoms with Crippen LogP contribution in [0.2, 0.25) is 0 Å². The molecule has 0 aromatic heterocycles. The van der Waals surface area contributed by atoms with E-state index in [0.29, 0.717) is 5.75 Å². The van der Waals surface area contributed by atoms with E-state index in [1.165, 1.54) is 24.3 Å². The monoisotopic (exact) mass is 321 g/mol. The molecule has 0 bridgehead atoms. The van der Waals surface area contributed by atoms with Crippen molar-refractivity contribution in [1.82, 2.24) is 0 Å². The lowest BCUT2D eigenvalue weighted by atomic mass is 10.0. The quantitative estimate of drug-likeness (QED) is 0.751. The Hall–Kier alpha value is -3.14. The molecule has 0 atom stereocenters. The van der Waals surface area contributed by atoms with Crippen molar-refractivity contribution in [1.29, 1.82) is 0 Å². The van der Waals surface area contributed by atoms with Crippen molar-refractivity contribution in [2.24, 2.45) is 0 Å². The summed E-state index contributed by atoms with van der Waals surface area (Å²) in [5.41, 5.74) is 2.68. The minimum Gasteiger partial charge on any atom is -0.484 e. The van der Waals surface area contributed by atoms with Gasteiger partial charge in [-0.2, -0.15) is 0 Å². The summed E-state index contributed by atoms with van der Waals surface area (Å²) in [7, 11) is 0. The maximum absolute atomic E-state index is 12.8. The molecule has 1 N–H and O–H groups in total. The molecule has 3 nitrogen and oxygen atoms in total. The van der Waals surface area contributed by atoms with Crippen molar-refractivity contribution in [3.8, 4) is 16.9 Å². The number of hydrogen-bond acceptors (Lipinski definition) is 2. The van der Waals surface area contributed by atoms with Gasteiger partial charge in [-0.1, -0.05) is 48.5 Å². The maximum atomic E-state index is 12.8. The Morgan fingerprint density at radius 1 is 0.875 bits per heavy atom. The zero-order chi connectivity index (χ0) is 16.8. The molecule has 0 saturated heterocycles. The molecule has 0 spiro atoms. The van der Waals surface area contributed by atoms with Crippen molar-refractivity contribution >= 4 is 11.6 Å². The van der Waals surface area contributed by atoms with Crippen LogP contribution in [-0.4, -0.2) is 12.5 Å². The van der Waals surface area contributed by atoms with E-state index < -0.39 is 0 Å². The molecule has 3 aromatic rings. The average Bonchev–Trinajstić information content (AvgIpc) is 2.62. The lowest BCUT2D eigenvalue weighted by Gasteiger charge is -2.12. The molecule has 3 rings (SSSR count). The summed E-state index contributed by atoms with van der Waals surface area (Å²) >= 11 is 0. The summed E-state index contributed by atoms with van der Waals surface area (Å²) in [5.74, 6) is -0.172. The van der Waals surface area contributed by atoms with E-state index in [4.69, 9.17) is 4.74 Å². The summed E-state index contributed by atoms with van der Waals surface area (Å²) in [6.45, 7) is -0.144. The predicted octanol–water partition coefficient (Wildman–Crippen LogP) is 4.51. The first-order valence-corrected chi connectivity index (χ1v) is 7.55. The third kappa shape index (κ3) is 3.98. The van der Waals surface area contributed by atoms with E-state index in [0.717, 1.165) is 16.8 Å². The first-order chi connectivity index (χ1) is 11.7. The Balaban J connectivity index is 1.67. The number of halogens is 1. The second-order valence-corrected chi connectivity index (χ2v) is 5.20. The highest BCUT2D eigenvalue weighted by molar-refractivity contribution is 5.96. The average molecular weight is 321 g/mol. The van der Waals surface area contributed by atoms with Gasteiger partial charge in [0, 0.05) is 11.3 Å². The fraction of sp³-hybridized carbons (Fsp3) is 0.0500. The first kappa shape index (κ1) is 15.7. The zero-order valence-electron chi connectivity index (χ0n) is 12.9. The van der Waals surface area contributed by atoms with Crippen LogP contribution in [0.15, 0.2) is 78.9 Å². The first-order valence-electron chi connectivity index (χ1n) is 7.55. The highest BCUT2D eigenvalue weighted by atomic mass is 19.1. The molecule has 0 fully saturated rings. The number of benzene rings is 3. The van der Waals surface area contributed by atoms with Gasteiger partial charge in [-0.15, -0.1) is 0 Å². The topological polar surface area (TPSA) is 38.3 Å². The number of carbonyl (C=O) groups excluding carboxylic acids is 1. The third-order valence-corrected chi connectivity index (χ3v) is 3.47. The van der Waals surface area contributed by atoms with Crippen LogP contribution in [0, 0.1) is 5.82 Å². The predicted molar refractivity (Wildman–Crippen MR) is 92.4 cm³/mol. The van der Waals surface area contributed by atoms with Gasteiger partial charge in [0.1, 0.15) is 11.6 Å². The van der Waals surface area contributed by atoms with E-state index >= 15 is 0 Å². The fourth-order valence-corrected chi connectivity index (χ4v) is 2.33. The van der Waals surface area contributed by atoms with Gasteiger partial charge in [0.15, 0.2) is 6.61 Å². The molecule has 1 amide bonds. The second-order valence-electron chi connectivity index (χ2n) is 5.20. The van der Waals surface area contributed by atoms with Crippen LogP contribution in [0.5, 0.6) is 5.75 Å². The van der Waals surface area contributed by atoms with Gasteiger partial charge >= 0.3 is 0 Å². The van der Waals surface area contributed by atoms with Crippen LogP contribution in [0.1, 0.15) is 0 Å². The van der Waals surface area contributed by atoms with Gasteiger partial charge < -0.3 is 10.1 Å². The molecule has 0 aliphatic heterocycles. The molecule has 120 valence electrons. The van der Waals surface area contributed by atoms with E-state index in [9.17, 15) is 9.18 Å². The Morgan fingerprint density at radius 3 is 2.29 bits per heavy atom. The molecular formula is C20H16FNO2. The van der Waals surface area contributed by atoms with Crippen molar-refractivity contribution in [3.05, 3.63) is 84.7 Å². The van der Waals surface area contributed by atoms with Gasteiger partial charge in [-0.25, -0.2) is 4.39 Å². The van der Waals surface area contributed by atoms with Crippen LogP contribution >= 0.6 is 0 Å². The van der Waals surface area contributed by atoms with E-state index in [1.54, 1.807) is 0 Å². The number of para-hydroxylation sites is 1. The van der Waals surface area contributed by atoms with Crippen LogP contribution in [0.4, 0.5) is 10.1 Å². The van der Waals surface area contributed by atoms with Crippen LogP contribution < -0.4 is 10.1 Å². The second kappa shape index (κ2) is 7.42. The molecule has 0 heterocycles. The smallest absolute Gasteiger partial charge is 0.262 e. The minimum absolute atomic E-state index is 0.144. The van der Waals surface area contributed by atoms with E-state index in [1.807, 2.05) is 54.6 Å². The molecule has 0 radical (unpaired) electrons. The molecule has 0 unspecified atom stereocenters. The summed E-state index contributed by atoms with van der Waals surface area (Å²) in [6.07, 6.45) is 0. The Morgan fingerprint density at radius 2 is 1.54 bits per heavy atom. The lowest BCUT2D eigenvalue weighted by Crippen LogP contribution is -2.20. The fourth-order valence-electron chi connectivity index (χ4n) is 2.33. The molecule has 0 aliphatic carbocycles. The Labute approximate surface area is 139 Å². The molecule has 3 aromatic carbocycles. The van der Waals surface area contributed by atoms with Crippen LogP contribution in [-0.2, 0) is 4.79 Å². The Bertz CT molecular complexity index is 817. The number of hydrogen-bond donors (Lipinski definition) is 1. The van der Waals surface area contributed by atoms with Crippen molar-refractivity contribution in [2.45, 2.75) is 0 Å². The summed E-state index contributed by atoms with van der Waals surface area (Å²) in [6, 6.07) is 23.0. The number of carbonyl (C=O) groups is 1. The zero-order valence-corrected chi connectivity index (χ0v) is 12.9. The van der Waals surface area contributed by atoms with Gasteiger partial charge in [0.2, 0.25) is 0 Å². The number of amides is 1. The van der Waals surface area contributed by atoms with E-state index in [2.05, 4.69) is 5.32 Å². The Kier molecular flexibility index (Phi) is 4.87. The van der Waals surface area contributed by atoms with Gasteiger partial charge in [0.25, 0.3) is 5.91 Å². The van der Waals surface area contributed by atoms with E-state index in [-0.39, 0.29) is 18.3 Å². The number of anilines is 1. The number of nitrogens with one attached hydrogen (secondary N) is 1. The van der Waals surface area contributed by atoms with Crippen molar-refractivity contribution in [2.75, 3.05) is 11.9 Å². The maximum Gasteiger partial charge on any atom is 0.262 e. The molecule has 0 aliphatic rings. The van der Waals surface area contributed by atoms with Crippen LogP contribution in [0.25, 0.3) is 11.1 Å². The number of ether oxygens (including phenoxy) is 1. The van der Waals surface area contributed by atoms with Crippen LogP contribution in [0.3, 0.4) is 0 Å². The highest BCUT2D eigenvalue weighted by Crippen LogP contribution is 2.27. The summed E-state index contributed by atoms with van der Waals surface area (Å²) in [4.78, 5) is 12.1. The van der Waals surface area contributed by atoms with Gasteiger partial charge in [0.05, 0.1) is 0 Å². The van der Waals surface area contributed by atoms with Crippen molar-refractivity contribution in [3.63, 3.8) is 0 Å². The molecule has 4 heteroatoms.